The minimum absolute atomic E-state index is 0.148. The lowest BCUT2D eigenvalue weighted by Gasteiger charge is -2.23. The SMILES string of the molecule is CN(c1ccccc1)c1cc(C(C)(C)C)ccn1. The van der Waals surface area contributed by atoms with E-state index < -0.39 is 0 Å². The zero-order valence-electron chi connectivity index (χ0n) is 11.5. The van der Waals surface area contributed by atoms with Crippen LogP contribution in [-0.2, 0) is 5.41 Å². The van der Waals surface area contributed by atoms with Gasteiger partial charge in [-0.25, -0.2) is 4.98 Å². The van der Waals surface area contributed by atoms with Crippen LogP contribution in [-0.4, -0.2) is 12.0 Å². The molecule has 0 N–H and O–H groups in total. The number of rotatable bonds is 2. The van der Waals surface area contributed by atoms with Crippen molar-refractivity contribution in [1.82, 2.24) is 4.98 Å². The van der Waals surface area contributed by atoms with E-state index in [4.69, 9.17) is 0 Å². The number of hydrogen-bond acceptors (Lipinski definition) is 2. The maximum absolute atomic E-state index is 4.46. The first-order valence-corrected chi connectivity index (χ1v) is 6.24. The van der Waals surface area contributed by atoms with Crippen LogP contribution < -0.4 is 4.90 Å². The second-order valence-electron chi connectivity index (χ2n) is 5.55. The molecule has 1 heterocycles. The van der Waals surface area contributed by atoms with Crippen molar-refractivity contribution in [2.45, 2.75) is 26.2 Å². The van der Waals surface area contributed by atoms with E-state index in [-0.39, 0.29) is 5.41 Å². The Morgan fingerprint density at radius 1 is 1.00 bits per heavy atom. The highest BCUT2D eigenvalue weighted by atomic mass is 15.2. The molecule has 0 aliphatic heterocycles. The van der Waals surface area contributed by atoms with Crippen molar-refractivity contribution in [1.29, 1.82) is 0 Å². The Kier molecular flexibility index (Phi) is 3.37. The maximum atomic E-state index is 4.46. The van der Waals surface area contributed by atoms with Crippen LogP contribution in [0, 0.1) is 0 Å². The molecule has 0 aliphatic carbocycles. The Labute approximate surface area is 109 Å². The van der Waals surface area contributed by atoms with Gasteiger partial charge in [0, 0.05) is 18.9 Å². The van der Waals surface area contributed by atoms with Gasteiger partial charge in [0.1, 0.15) is 5.82 Å². The molecule has 1 aromatic carbocycles. The third kappa shape index (κ3) is 2.70. The normalized spacial score (nSPS) is 11.3. The third-order valence-electron chi connectivity index (χ3n) is 3.10. The van der Waals surface area contributed by atoms with Gasteiger partial charge in [0.15, 0.2) is 0 Å². The Morgan fingerprint density at radius 2 is 1.67 bits per heavy atom. The van der Waals surface area contributed by atoms with Crippen molar-refractivity contribution in [3.05, 3.63) is 54.2 Å². The lowest BCUT2D eigenvalue weighted by molar-refractivity contribution is 0.589. The predicted molar refractivity (Wildman–Crippen MR) is 77.4 cm³/mol. The maximum Gasteiger partial charge on any atom is 0.132 e. The number of benzene rings is 1. The van der Waals surface area contributed by atoms with Crippen molar-refractivity contribution < 1.29 is 0 Å². The van der Waals surface area contributed by atoms with Crippen molar-refractivity contribution in [3.63, 3.8) is 0 Å². The van der Waals surface area contributed by atoms with Gasteiger partial charge >= 0.3 is 0 Å². The van der Waals surface area contributed by atoms with E-state index in [0.717, 1.165) is 11.5 Å². The summed E-state index contributed by atoms with van der Waals surface area (Å²) in [5, 5.41) is 0. The zero-order chi connectivity index (χ0) is 13.2. The van der Waals surface area contributed by atoms with E-state index in [2.05, 4.69) is 54.9 Å². The lowest BCUT2D eigenvalue weighted by Crippen LogP contribution is -2.15. The Balaban J connectivity index is 2.35. The van der Waals surface area contributed by atoms with Crippen LogP contribution in [0.1, 0.15) is 26.3 Å². The summed E-state index contributed by atoms with van der Waals surface area (Å²) in [5.41, 5.74) is 2.60. The second kappa shape index (κ2) is 4.81. The molecule has 18 heavy (non-hydrogen) atoms. The van der Waals surface area contributed by atoms with E-state index in [1.807, 2.05) is 31.4 Å². The minimum atomic E-state index is 0.148. The fourth-order valence-electron chi connectivity index (χ4n) is 1.85. The number of hydrogen-bond donors (Lipinski definition) is 0. The summed E-state index contributed by atoms with van der Waals surface area (Å²) in [6.45, 7) is 6.65. The number of nitrogens with zero attached hydrogens (tertiary/aromatic N) is 2. The Hall–Kier alpha value is -1.83. The van der Waals surface area contributed by atoms with Gasteiger partial charge in [0.25, 0.3) is 0 Å². The van der Waals surface area contributed by atoms with Crippen LogP contribution in [0.3, 0.4) is 0 Å². The van der Waals surface area contributed by atoms with Gasteiger partial charge in [0.2, 0.25) is 0 Å². The van der Waals surface area contributed by atoms with Crippen LogP contribution in [0.4, 0.5) is 11.5 Å². The highest BCUT2D eigenvalue weighted by Gasteiger charge is 2.15. The molecule has 0 radical (unpaired) electrons. The molecule has 2 aromatic rings. The smallest absolute Gasteiger partial charge is 0.132 e. The fourth-order valence-corrected chi connectivity index (χ4v) is 1.85. The summed E-state index contributed by atoms with van der Waals surface area (Å²) in [7, 11) is 2.05. The van der Waals surface area contributed by atoms with Crippen LogP contribution in [0.2, 0.25) is 0 Å². The van der Waals surface area contributed by atoms with Crippen molar-refractivity contribution in [3.8, 4) is 0 Å². The molecular weight excluding hydrogens is 220 g/mol. The number of anilines is 2. The molecule has 0 saturated heterocycles. The molecule has 2 rings (SSSR count). The van der Waals surface area contributed by atoms with Gasteiger partial charge in [-0.05, 0) is 35.2 Å². The molecule has 0 saturated carbocycles. The average molecular weight is 240 g/mol. The van der Waals surface area contributed by atoms with Crippen molar-refractivity contribution in [2.75, 3.05) is 11.9 Å². The lowest BCUT2D eigenvalue weighted by atomic mass is 9.88. The monoisotopic (exact) mass is 240 g/mol. The molecule has 0 fully saturated rings. The van der Waals surface area contributed by atoms with E-state index in [9.17, 15) is 0 Å². The molecule has 0 bridgehead atoms. The van der Waals surface area contributed by atoms with Crippen LogP contribution >= 0.6 is 0 Å². The highest BCUT2D eigenvalue weighted by Crippen LogP contribution is 2.27. The quantitative estimate of drug-likeness (QED) is 0.784. The van der Waals surface area contributed by atoms with E-state index in [0.29, 0.717) is 0 Å². The number of para-hydroxylation sites is 1. The standard InChI is InChI=1S/C16H20N2/c1-16(2,3)13-10-11-17-15(12-13)18(4)14-8-6-5-7-9-14/h5-12H,1-4H3. The highest BCUT2D eigenvalue weighted by molar-refractivity contribution is 5.59. The topological polar surface area (TPSA) is 16.1 Å². The first-order valence-electron chi connectivity index (χ1n) is 6.24. The Morgan fingerprint density at radius 3 is 2.28 bits per heavy atom. The average Bonchev–Trinajstić information content (AvgIpc) is 2.38. The Bertz CT molecular complexity index is 512. The van der Waals surface area contributed by atoms with Crippen LogP contribution in [0.5, 0.6) is 0 Å². The van der Waals surface area contributed by atoms with Gasteiger partial charge in [0.05, 0.1) is 0 Å². The second-order valence-corrected chi connectivity index (χ2v) is 5.55. The minimum Gasteiger partial charge on any atom is -0.329 e. The van der Waals surface area contributed by atoms with Crippen molar-refractivity contribution >= 4 is 11.5 Å². The van der Waals surface area contributed by atoms with Crippen molar-refractivity contribution in [2.24, 2.45) is 0 Å². The van der Waals surface area contributed by atoms with Gasteiger partial charge in [-0.1, -0.05) is 39.0 Å². The molecule has 0 unspecified atom stereocenters. The first-order chi connectivity index (χ1) is 8.48. The third-order valence-corrected chi connectivity index (χ3v) is 3.10. The molecule has 2 nitrogen and oxygen atoms in total. The van der Waals surface area contributed by atoms with E-state index in [1.165, 1.54) is 5.56 Å². The molecule has 1 aromatic heterocycles. The molecule has 0 amide bonds. The number of pyridine rings is 1. The van der Waals surface area contributed by atoms with Gasteiger partial charge in [-0.3, -0.25) is 0 Å². The molecule has 0 aliphatic rings. The van der Waals surface area contributed by atoms with Gasteiger partial charge < -0.3 is 4.90 Å². The molecular formula is C16H20N2. The summed E-state index contributed by atoms with van der Waals surface area (Å²) < 4.78 is 0. The van der Waals surface area contributed by atoms with Gasteiger partial charge in [-0.15, -0.1) is 0 Å². The fraction of sp³-hybridized carbons (Fsp3) is 0.312. The summed E-state index contributed by atoms with van der Waals surface area (Å²) in [6.07, 6.45) is 1.88. The van der Waals surface area contributed by atoms with Crippen LogP contribution in [0.25, 0.3) is 0 Å². The van der Waals surface area contributed by atoms with Crippen LogP contribution in [0.15, 0.2) is 48.7 Å². The molecule has 0 atom stereocenters. The summed E-state index contributed by atoms with van der Waals surface area (Å²) >= 11 is 0. The molecule has 0 spiro atoms. The summed E-state index contributed by atoms with van der Waals surface area (Å²) in [4.78, 5) is 6.56. The van der Waals surface area contributed by atoms with E-state index in [1.54, 1.807) is 0 Å². The predicted octanol–water partition coefficient (Wildman–Crippen LogP) is 4.15. The van der Waals surface area contributed by atoms with E-state index >= 15 is 0 Å². The largest absolute Gasteiger partial charge is 0.329 e. The zero-order valence-corrected chi connectivity index (χ0v) is 11.5. The molecule has 2 heteroatoms. The first kappa shape index (κ1) is 12.6. The number of aromatic nitrogens is 1. The summed E-state index contributed by atoms with van der Waals surface area (Å²) in [6, 6.07) is 14.5. The molecule has 94 valence electrons. The summed E-state index contributed by atoms with van der Waals surface area (Å²) in [5.74, 6) is 0.980. The van der Waals surface area contributed by atoms with Gasteiger partial charge in [-0.2, -0.15) is 0 Å².